The number of piperidine rings is 1. The van der Waals surface area contributed by atoms with Crippen LogP contribution in [0.4, 0.5) is 21.5 Å². The summed E-state index contributed by atoms with van der Waals surface area (Å²) in [6, 6.07) is 21.5. The normalized spacial score (nSPS) is 19.6. The van der Waals surface area contributed by atoms with Crippen LogP contribution >= 0.6 is 11.6 Å². The van der Waals surface area contributed by atoms with E-state index >= 15 is 4.39 Å². The molecule has 0 bridgehead atoms. The number of rotatable bonds is 13. The van der Waals surface area contributed by atoms with E-state index in [0.29, 0.717) is 54.3 Å². The molecule has 0 saturated carbocycles. The first-order valence-corrected chi connectivity index (χ1v) is 25.8. The number of hydrogen-bond acceptors (Lipinski definition) is 12. The average molecular weight is 978 g/mol. The van der Waals surface area contributed by atoms with E-state index in [1.54, 1.807) is 23.1 Å². The van der Waals surface area contributed by atoms with Gasteiger partial charge in [0, 0.05) is 93.9 Å². The van der Waals surface area contributed by atoms with Gasteiger partial charge in [0.25, 0.3) is 15.9 Å². The van der Waals surface area contributed by atoms with Crippen LogP contribution in [0.2, 0.25) is 5.02 Å². The molecule has 0 radical (unpaired) electrons. The van der Waals surface area contributed by atoms with Crippen molar-refractivity contribution in [2.75, 3.05) is 75.8 Å². The predicted octanol–water partition coefficient (Wildman–Crippen LogP) is 9.25. The number of nitrogens with one attached hydrogen (secondary N) is 3. The summed E-state index contributed by atoms with van der Waals surface area (Å²) in [6.45, 7) is 11.3. The number of fused-ring (bicyclic) bond motifs is 2. The van der Waals surface area contributed by atoms with Crippen LogP contribution in [0.5, 0.6) is 0 Å². The first-order valence-electron chi connectivity index (χ1n) is 23.9. The van der Waals surface area contributed by atoms with Crippen LogP contribution in [0.1, 0.15) is 74.7 Å². The number of benzene rings is 3. The van der Waals surface area contributed by atoms with Crippen molar-refractivity contribution in [3.63, 3.8) is 0 Å². The fraction of sp³-hybridized carbons (Fsp3) is 0.431. The fourth-order valence-corrected chi connectivity index (χ4v) is 11.6. The van der Waals surface area contributed by atoms with Crippen LogP contribution in [-0.2, 0) is 14.8 Å². The molecular weight excluding hydrogens is 919 g/mol. The molecule has 0 unspecified atom stereocenters. The number of ether oxygens (including phenoxy) is 1. The molecule has 1 aliphatic carbocycles. The summed E-state index contributed by atoms with van der Waals surface area (Å²) in [7, 11) is -4.54. The zero-order valence-electron chi connectivity index (χ0n) is 39.0. The summed E-state index contributed by atoms with van der Waals surface area (Å²) in [5.74, 6) is -0.893. The largest absolute Gasteiger partial charge is 0.381 e. The number of alkyl halides is 1. The van der Waals surface area contributed by atoms with Gasteiger partial charge in [0.05, 0.1) is 33.5 Å². The number of aromatic amines is 1. The molecule has 3 aromatic heterocycles. The van der Waals surface area contributed by atoms with Crippen molar-refractivity contribution in [2.24, 2.45) is 10.6 Å². The van der Waals surface area contributed by atoms with E-state index in [2.05, 4.69) is 66.0 Å². The van der Waals surface area contributed by atoms with E-state index in [9.17, 15) is 18.1 Å². The monoisotopic (exact) mass is 976 g/mol. The van der Waals surface area contributed by atoms with E-state index in [-0.39, 0.29) is 33.8 Å². The molecule has 362 valence electrons. The van der Waals surface area contributed by atoms with Crippen LogP contribution in [0.3, 0.4) is 0 Å². The third-order valence-electron chi connectivity index (χ3n) is 14.7. The summed E-state index contributed by atoms with van der Waals surface area (Å²) in [4.78, 5) is 41.0. The van der Waals surface area contributed by atoms with Gasteiger partial charge in [-0.1, -0.05) is 43.2 Å². The molecule has 6 aromatic rings. The highest BCUT2D eigenvalue weighted by Gasteiger charge is 2.37. The van der Waals surface area contributed by atoms with Crippen molar-refractivity contribution in [1.82, 2.24) is 34.3 Å². The second kappa shape index (κ2) is 19.2. The molecule has 69 heavy (non-hydrogen) atoms. The molecule has 18 heteroatoms. The number of nitroso groups, excluding NO2 is 1. The Morgan fingerprint density at radius 1 is 0.957 bits per heavy atom. The van der Waals surface area contributed by atoms with Gasteiger partial charge < -0.3 is 19.9 Å². The van der Waals surface area contributed by atoms with Crippen LogP contribution in [0.25, 0.3) is 33.3 Å². The van der Waals surface area contributed by atoms with Crippen molar-refractivity contribution in [3.05, 3.63) is 112 Å². The van der Waals surface area contributed by atoms with E-state index in [1.165, 1.54) is 28.8 Å². The maximum atomic E-state index is 16.0. The quantitative estimate of drug-likeness (QED) is 0.0943. The number of H-pyrrole nitrogens is 1. The number of nitrogens with zero attached hydrogens (tertiary/aromatic N) is 7. The Morgan fingerprint density at radius 2 is 1.72 bits per heavy atom. The highest BCUT2D eigenvalue weighted by molar-refractivity contribution is 7.90. The number of allylic oxidation sites excluding steroid dienone is 1. The number of halogens is 2. The molecule has 15 nitrogen and oxygen atoms in total. The smallest absolute Gasteiger partial charge is 0.267 e. The number of likely N-dealkylation sites (tertiary alicyclic amines) is 1. The topological polar surface area (TPSA) is 170 Å². The number of carbonyl (C=O) groups excluding carboxylic acids is 1. The number of sulfonamides is 1. The Morgan fingerprint density at radius 3 is 2.48 bits per heavy atom. The van der Waals surface area contributed by atoms with Crippen LogP contribution < -0.4 is 14.9 Å². The van der Waals surface area contributed by atoms with Crippen LogP contribution in [0.15, 0.2) is 101 Å². The van der Waals surface area contributed by atoms with Crippen molar-refractivity contribution in [2.45, 2.75) is 75.4 Å². The number of hydrogen-bond donors (Lipinski definition) is 3. The average Bonchev–Trinajstić information content (AvgIpc) is 4.00. The molecular formula is C51H58ClFN10O5S. The van der Waals surface area contributed by atoms with E-state index in [0.717, 1.165) is 100 Å². The first-order chi connectivity index (χ1) is 33.2. The minimum atomic E-state index is -4.54. The van der Waals surface area contributed by atoms with Crippen LogP contribution in [0, 0.1) is 10.3 Å². The third-order valence-corrected chi connectivity index (χ3v) is 16.2. The second-order valence-corrected chi connectivity index (χ2v) is 22.0. The summed E-state index contributed by atoms with van der Waals surface area (Å²) < 4.78 is 53.2. The second-order valence-electron chi connectivity index (χ2n) is 19.8. The number of carbonyl (C=O) groups is 1. The van der Waals surface area contributed by atoms with Gasteiger partial charge in [-0.3, -0.25) is 14.6 Å². The Bertz CT molecular complexity index is 3020. The zero-order valence-corrected chi connectivity index (χ0v) is 40.6. The lowest BCUT2D eigenvalue weighted by molar-refractivity contribution is -0.00174. The van der Waals surface area contributed by atoms with Gasteiger partial charge >= 0.3 is 0 Å². The molecule has 3 aromatic carbocycles. The lowest BCUT2D eigenvalue weighted by Gasteiger charge is -2.41. The summed E-state index contributed by atoms with van der Waals surface area (Å²) in [5, 5.41) is 12.3. The minimum Gasteiger partial charge on any atom is -0.381 e. The molecule has 0 spiro atoms. The van der Waals surface area contributed by atoms with Gasteiger partial charge in [-0.2, -0.15) is 5.10 Å². The Labute approximate surface area is 406 Å². The predicted molar refractivity (Wildman–Crippen MR) is 269 cm³/mol. The van der Waals surface area contributed by atoms with Gasteiger partial charge in [-0.25, -0.2) is 27.2 Å². The number of amides is 1. The lowest BCUT2D eigenvalue weighted by Crippen LogP contribution is -2.50. The molecule has 6 heterocycles. The Hall–Kier alpha value is -5.72. The molecule has 0 atom stereocenters. The molecule has 3 N–H and O–H groups in total. The number of aromatic nitrogens is 4. The number of piperazine rings is 1. The van der Waals surface area contributed by atoms with Crippen molar-refractivity contribution < 1.29 is 22.3 Å². The summed E-state index contributed by atoms with van der Waals surface area (Å²) >= 11 is 6.27. The first kappa shape index (κ1) is 47.0. The number of pyridine rings is 1. The lowest BCUT2D eigenvalue weighted by atomic mass is 9.72. The van der Waals surface area contributed by atoms with Crippen molar-refractivity contribution in [1.29, 1.82) is 0 Å². The number of anilines is 2. The Balaban J connectivity index is 0.864. The maximum Gasteiger partial charge on any atom is 0.267 e. The third kappa shape index (κ3) is 10.2. The van der Waals surface area contributed by atoms with E-state index in [1.807, 2.05) is 36.4 Å². The van der Waals surface area contributed by atoms with Gasteiger partial charge in [-0.15, -0.1) is 4.91 Å². The summed E-state index contributed by atoms with van der Waals surface area (Å²) in [6.07, 6.45) is 9.14. The van der Waals surface area contributed by atoms with Gasteiger partial charge in [0.1, 0.15) is 22.5 Å². The van der Waals surface area contributed by atoms with Crippen molar-refractivity contribution in [3.8, 4) is 5.69 Å². The van der Waals surface area contributed by atoms with Crippen LogP contribution in [-0.4, -0.2) is 121 Å². The highest BCUT2D eigenvalue weighted by Crippen LogP contribution is 2.44. The molecule has 3 saturated heterocycles. The summed E-state index contributed by atoms with van der Waals surface area (Å²) in [5.41, 5.74) is 6.00. The Kier molecular flexibility index (Phi) is 13.1. The molecule has 4 aliphatic rings. The maximum absolute atomic E-state index is 16.0. The fourth-order valence-electron chi connectivity index (χ4n) is 10.5. The standard InChI is InChI=1S/C51H58ClFN10O5S/c1-50(2)15-11-36(42(30-50)34-3-5-37(52)6-4-34)32-60-21-23-62(24-22-60)39-7-9-41(46(28-39)63-47-27-35-12-18-54-48(35)57-45(47)31-56-63)49(64)59-69(66,67)40-8-10-43(44(29-40)58-65)55-33-51(53)16-19-61(20-17-51)38-13-25-68-26-14-38/h3-10,12,18,27-29,31,38,55H,11,13-17,19-26,30,32-33H2,1-2H3,(H,54,57)(H,59,64). The van der Waals surface area contributed by atoms with Gasteiger partial charge in [0.15, 0.2) is 0 Å². The van der Waals surface area contributed by atoms with Gasteiger partial charge in [0.2, 0.25) is 0 Å². The van der Waals surface area contributed by atoms with Gasteiger partial charge in [-0.05, 0) is 127 Å². The molecule has 10 rings (SSSR count). The van der Waals surface area contributed by atoms with Crippen molar-refractivity contribution >= 4 is 72.2 Å². The SMILES string of the molecule is CC1(C)CCC(CN2CCN(c3ccc(C(=O)NS(=O)(=O)c4ccc(NCC5(F)CCN(C6CCOCC6)CC5)c(N=O)c4)c(-n4ncc5nc6[nH]ccc6cc54)c3)CC2)=C(c2ccc(Cl)cc2)C1. The van der Waals surface area contributed by atoms with E-state index < -0.39 is 21.6 Å². The molecule has 3 fully saturated rings. The molecule has 3 aliphatic heterocycles. The molecule has 1 amide bonds. The highest BCUT2D eigenvalue weighted by atomic mass is 35.5. The minimum absolute atomic E-state index is 0.0603. The van der Waals surface area contributed by atoms with E-state index in [4.69, 9.17) is 21.3 Å². The zero-order chi connectivity index (χ0) is 47.9.